The third-order valence-corrected chi connectivity index (χ3v) is 7.08. The van der Waals surface area contributed by atoms with Crippen LogP contribution in [0.2, 0.25) is 0 Å². The molecule has 2 rings (SSSR count). The van der Waals surface area contributed by atoms with Crippen LogP contribution in [0.3, 0.4) is 0 Å². The number of hydrogen-bond acceptors (Lipinski definition) is 5. The molecular formula is C20H34N2O4S. The molecule has 1 aromatic rings. The normalized spacial score (nSPS) is 19.6. The maximum absolute atomic E-state index is 11.1. The number of hydrogen-bond donors (Lipinski definition) is 4. The Kier molecular flexibility index (Phi) is 7.42. The fourth-order valence-electron chi connectivity index (χ4n) is 3.84. The number of rotatable bonds is 8. The van der Waals surface area contributed by atoms with Gasteiger partial charge in [-0.3, -0.25) is 13.9 Å². The molecule has 1 saturated heterocycles. The molecule has 0 radical (unpaired) electrons. The second-order valence-electron chi connectivity index (χ2n) is 8.01. The van der Waals surface area contributed by atoms with Crippen molar-refractivity contribution in [2.24, 2.45) is 5.92 Å². The molecule has 1 aliphatic rings. The van der Waals surface area contributed by atoms with E-state index in [9.17, 15) is 13.9 Å². The average molecular weight is 399 g/mol. The molecule has 1 fully saturated rings. The Morgan fingerprint density at radius 3 is 2.41 bits per heavy atom. The van der Waals surface area contributed by atoms with Crippen molar-refractivity contribution in [1.29, 1.82) is 0 Å². The average Bonchev–Trinajstić information content (AvgIpc) is 2.57. The first kappa shape index (κ1) is 21.9. The number of nitrogens with two attached hydrogens (primary N) is 1. The number of carboxylic acids is 1. The zero-order valence-corrected chi connectivity index (χ0v) is 17.4. The van der Waals surface area contributed by atoms with Crippen LogP contribution >= 0.6 is 10.6 Å². The minimum absolute atomic E-state index is 0.0416. The first-order valence-electron chi connectivity index (χ1n) is 9.74. The molecule has 27 heavy (non-hydrogen) atoms. The maximum Gasteiger partial charge on any atom is 0.303 e. The van der Waals surface area contributed by atoms with E-state index in [1.54, 1.807) is 0 Å². The molecule has 0 aliphatic carbocycles. The van der Waals surface area contributed by atoms with Gasteiger partial charge in [0.2, 0.25) is 0 Å². The monoisotopic (exact) mass is 398 g/mol. The van der Waals surface area contributed by atoms with Gasteiger partial charge < -0.3 is 15.7 Å². The Hall–Kier alpha value is -1.44. The molecule has 6 nitrogen and oxygen atoms in total. The summed E-state index contributed by atoms with van der Waals surface area (Å²) in [6.45, 7) is 7.16. The van der Waals surface area contributed by atoms with Gasteiger partial charge in [-0.2, -0.15) is 10.6 Å². The summed E-state index contributed by atoms with van der Waals surface area (Å²) in [5.41, 5.74) is 8.98. The zero-order valence-electron chi connectivity index (χ0n) is 16.6. The molecule has 154 valence electrons. The van der Waals surface area contributed by atoms with E-state index in [-0.39, 0.29) is 18.4 Å². The zero-order chi connectivity index (χ0) is 20.2. The van der Waals surface area contributed by atoms with Crippen LogP contribution in [0.1, 0.15) is 57.9 Å². The lowest BCUT2D eigenvalue weighted by atomic mass is 9.92. The van der Waals surface area contributed by atoms with E-state index in [1.165, 1.54) is 0 Å². The molecule has 1 heterocycles. The Balaban J connectivity index is 2.26. The van der Waals surface area contributed by atoms with E-state index in [0.29, 0.717) is 23.1 Å². The highest BCUT2D eigenvalue weighted by Crippen LogP contribution is 2.46. The number of anilines is 2. The fourth-order valence-corrected chi connectivity index (χ4v) is 5.35. The summed E-state index contributed by atoms with van der Waals surface area (Å²) in [4.78, 5) is 13.4. The van der Waals surface area contributed by atoms with Gasteiger partial charge in [-0.15, -0.1) is 0 Å². The van der Waals surface area contributed by atoms with Crippen LogP contribution < -0.4 is 10.6 Å². The summed E-state index contributed by atoms with van der Waals surface area (Å²) in [5.74, 6) is 0.496. The highest BCUT2D eigenvalue weighted by molar-refractivity contribution is 8.24. The van der Waals surface area contributed by atoms with Gasteiger partial charge in [0.15, 0.2) is 0 Å². The first-order chi connectivity index (χ1) is 12.6. The number of aliphatic carboxylic acids is 1. The van der Waals surface area contributed by atoms with Gasteiger partial charge in [-0.05, 0) is 48.8 Å². The molecule has 0 amide bonds. The predicted octanol–water partition coefficient (Wildman–Crippen LogP) is 4.61. The van der Waals surface area contributed by atoms with Crippen LogP contribution in [0, 0.1) is 5.92 Å². The van der Waals surface area contributed by atoms with Gasteiger partial charge in [0, 0.05) is 24.1 Å². The highest BCUT2D eigenvalue weighted by Gasteiger charge is 2.29. The number of nitrogens with zero attached hydrogens (tertiary/aromatic N) is 1. The van der Waals surface area contributed by atoms with E-state index >= 15 is 0 Å². The summed E-state index contributed by atoms with van der Waals surface area (Å²) >= 11 is 0. The Morgan fingerprint density at radius 1 is 1.30 bits per heavy atom. The number of benzene rings is 1. The van der Waals surface area contributed by atoms with Crippen molar-refractivity contribution in [1.82, 2.24) is 0 Å². The molecule has 5 N–H and O–H groups in total. The number of nitrogen functional groups attached to an aromatic ring is 1. The van der Waals surface area contributed by atoms with Crippen molar-refractivity contribution < 1.29 is 19.0 Å². The fraction of sp³-hybridized carbons (Fsp3) is 0.650. The molecular weight excluding hydrogens is 364 g/mol. The van der Waals surface area contributed by atoms with Crippen molar-refractivity contribution in [3.05, 3.63) is 23.8 Å². The van der Waals surface area contributed by atoms with Crippen LogP contribution in [0.5, 0.6) is 0 Å². The van der Waals surface area contributed by atoms with Crippen molar-refractivity contribution in [2.45, 2.75) is 58.4 Å². The third kappa shape index (κ3) is 6.02. The van der Waals surface area contributed by atoms with E-state index in [0.717, 1.165) is 37.1 Å². The van der Waals surface area contributed by atoms with Crippen LogP contribution in [0.25, 0.3) is 0 Å². The summed E-state index contributed by atoms with van der Waals surface area (Å²) in [7, 11) is -2.42. The van der Waals surface area contributed by atoms with E-state index in [1.807, 2.05) is 25.1 Å². The Morgan fingerprint density at radius 2 is 1.93 bits per heavy atom. The molecule has 1 aliphatic heterocycles. The molecule has 0 bridgehead atoms. The second kappa shape index (κ2) is 9.17. The largest absolute Gasteiger partial charge is 0.481 e. The lowest BCUT2D eigenvalue weighted by Gasteiger charge is -2.44. The van der Waals surface area contributed by atoms with Crippen LogP contribution in [0.15, 0.2) is 18.2 Å². The molecule has 0 aromatic heterocycles. The van der Waals surface area contributed by atoms with Gasteiger partial charge in [0.25, 0.3) is 0 Å². The first-order valence-corrected chi connectivity index (χ1v) is 11.6. The molecule has 0 spiro atoms. The van der Waals surface area contributed by atoms with Crippen molar-refractivity contribution in [3.63, 3.8) is 0 Å². The predicted molar refractivity (Wildman–Crippen MR) is 114 cm³/mol. The smallest absolute Gasteiger partial charge is 0.303 e. The summed E-state index contributed by atoms with van der Waals surface area (Å²) in [6.07, 6.45) is 2.34. The van der Waals surface area contributed by atoms with Gasteiger partial charge >= 0.3 is 5.97 Å². The minimum Gasteiger partial charge on any atom is -0.481 e. The van der Waals surface area contributed by atoms with Crippen molar-refractivity contribution in [2.75, 3.05) is 28.7 Å². The Bertz CT molecular complexity index is 641. The molecule has 7 heteroatoms. The van der Waals surface area contributed by atoms with E-state index in [4.69, 9.17) is 10.8 Å². The van der Waals surface area contributed by atoms with Crippen molar-refractivity contribution >= 4 is 27.9 Å². The summed E-state index contributed by atoms with van der Waals surface area (Å²) in [6, 6.07) is 6.15. The van der Waals surface area contributed by atoms with Gasteiger partial charge in [-0.25, -0.2) is 0 Å². The number of carbonyl (C=O) groups is 1. The summed E-state index contributed by atoms with van der Waals surface area (Å²) < 4.78 is 19.9. The quantitative estimate of drug-likeness (QED) is 0.476. The lowest BCUT2D eigenvalue weighted by molar-refractivity contribution is -0.137. The number of carboxylic acid groups (broad SMARTS) is 1. The van der Waals surface area contributed by atoms with Gasteiger partial charge in [0.05, 0.1) is 17.8 Å². The molecule has 0 saturated carbocycles. The third-order valence-electron chi connectivity index (χ3n) is 5.30. The van der Waals surface area contributed by atoms with Crippen LogP contribution in [-0.2, 0) is 4.79 Å². The van der Waals surface area contributed by atoms with E-state index < -0.39 is 16.6 Å². The second-order valence-corrected chi connectivity index (χ2v) is 10.4. The summed E-state index contributed by atoms with van der Waals surface area (Å²) in [5, 5.41) is 9.12. The van der Waals surface area contributed by atoms with Gasteiger partial charge in [-0.1, -0.05) is 26.8 Å². The van der Waals surface area contributed by atoms with E-state index in [2.05, 4.69) is 18.7 Å². The lowest BCUT2D eigenvalue weighted by Crippen LogP contribution is -2.42. The van der Waals surface area contributed by atoms with Crippen molar-refractivity contribution in [3.8, 4) is 0 Å². The minimum atomic E-state index is -2.42. The van der Waals surface area contributed by atoms with Crippen LogP contribution in [0.4, 0.5) is 11.4 Å². The maximum atomic E-state index is 11.1. The highest BCUT2D eigenvalue weighted by atomic mass is 32.3. The molecule has 1 atom stereocenters. The SMILES string of the molecule is CCC(CC(=O)O)c1ccc(N(CC(C)C)C2CCS(O)(O)CC2)c(N)c1. The Labute approximate surface area is 164 Å². The van der Waals surface area contributed by atoms with Gasteiger partial charge in [0.1, 0.15) is 0 Å². The topological polar surface area (TPSA) is 107 Å². The standard InChI is InChI=1S/C20H34N2O4S/c1-4-15(12-20(23)24)16-5-6-19(18(21)11-16)22(13-14(2)3)17-7-9-27(25,26)10-8-17/h5-6,11,14-15,17,25-26H,4,7-10,12-13,21H2,1-3H3,(H,23,24). The van der Waals surface area contributed by atoms with Crippen LogP contribution in [-0.4, -0.2) is 44.3 Å². The molecule has 1 unspecified atom stereocenters. The molecule has 1 aromatic carbocycles.